The molecular weight excluding hydrogens is 198 g/mol. The first kappa shape index (κ1) is 12.4. The quantitative estimate of drug-likeness (QED) is 0.687. The third kappa shape index (κ3) is 2.60. The van der Waals surface area contributed by atoms with Crippen molar-refractivity contribution < 1.29 is 4.74 Å². The molecule has 0 bridgehead atoms. The zero-order valence-corrected chi connectivity index (χ0v) is 11.1. The van der Waals surface area contributed by atoms with E-state index in [2.05, 4.69) is 20.8 Å². The van der Waals surface area contributed by atoms with Gasteiger partial charge in [0.2, 0.25) is 0 Å². The predicted molar refractivity (Wildman–Crippen MR) is 67.3 cm³/mol. The van der Waals surface area contributed by atoms with Gasteiger partial charge in [0.15, 0.2) is 0 Å². The Balaban J connectivity index is 1.93. The van der Waals surface area contributed by atoms with Crippen LogP contribution in [-0.2, 0) is 4.74 Å². The first-order valence-corrected chi connectivity index (χ1v) is 6.81. The van der Waals surface area contributed by atoms with Gasteiger partial charge in [-0.15, -0.1) is 0 Å². The molecule has 0 aromatic rings. The summed E-state index contributed by atoms with van der Waals surface area (Å²) in [6.45, 7) is 7.97. The molecule has 1 saturated carbocycles. The SMILES string of the molecule is CC(C)(C)C1CCC2(CC1)CC(N)CCO2. The lowest BCUT2D eigenvalue weighted by molar-refractivity contribution is -0.117. The van der Waals surface area contributed by atoms with E-state index in [0.29, 0.717) is 11.5 Å². The summed E-state index contributed by atoms with van der Waals surface area (Å²) >= 11 is 0. The highest BCUT2D eigenvalue weighted by Gasteiger charge is 2.41. The molecule has 16 heavy (non-hydrogen) atoms. The van der Waals surface area contributed by atoms with Gasteiger partial charge in [-0.2, -0.15) is 0 Å². The van der Waals surface area contributed by atoms with Crippen molar-refractivity contribution >= 4 is 0 Å². The third-order valence-corrected chi connectivity index (χ3v) is 4.65. The van der Waals surface area contributed by atoms with Gasteiger partial charge in [-0.3, -0.25) is 0 Å². The average molecular weight is 225 g/mol. The maximum atomic E-state index is 6.08. The van der Waals surface area contributed by atoms with E-state index in [1.807, 2.05) is 0 Å². The van der Waals surface area contributed by atoms with Gasteiger partial charge in [-0.25, -0.2) is 0 Å². The molecule has 2 fully saturated rings. The molecule has 0 amide bonds. The van der Waals surface area contributed by atoms with Gasteiger partial charge in [-0.05, 0) is 49.9 Å². The van der Waals surface area contributed by atoms with E-state index in [-0.39, 0.29) is 5.60 Å². The number of nitrogens with two attached hydrogens (primary N) is 1. The smallest absolute Gasteiger partial charge is 0.0697 e. The molecule has 1 aliphatic heterocycles. The Bertz CT molecular complexity index is 236. The molecule has 1 unspecified atom stereocenters. The lowest BCUT2D eigenvalue weighted by Gasteiger charge is -2.47. The predicted octanol–water partition coefficient (Wildman–Crippen LogP) is 3.10. The van der Waals surface area contributed by atoms with E-state index in [0.717, 1.165) is 25.4 Å². The van der Waals surface area contributed by atoms with Gasteiger partial charge in [0, 0.05) is 12.6 Å². The van der Waals surface area contributed by atoms with Crippen LogP contribution >= 0.6 is 0 Å². The number of rotatable bonds is 0. The Labute approximate surface area is 99.9 Å². The molecule has 1 heterocycles. The minimum Gasteiger partial charge on any atom is -0.375 e. The van der Waals surface area contributed by atoms with E-state index in [1.165, 1.54) is 25.7 Å². The lowest BCUT2D eigenvalue weighted by atomic mass is 9.66. The Morgan fingerprint density at radius 1 is 1.12 bits per heavy atom. The van der Waals surface area contributed by atoms with Crippen LogP contribution in [0.3, 0.4) is 0 Å². The number of hydrogen-bond acceptors (Lipinski definition) is 2. The Kier molecular flexibility index (Phi) is 3.33. The van der Waals surface area contributed by atoms with Crippen LogP contribution in [0.4, 0.5) is 0 Å². The van der Waals surface area contributed by atoms with E-state index in [9.17, 15) is 0 Å². The molecule has 1 spiro atoms. The summed E-state index contributed by atoms with van der Waals surface area (Å²) in [6, 6.07) is 0.375. The molecule has 1 aliphatic carbocycles. The maximum absolute atomic E-state index is 6.08. The van der Waals surface area contributed by atoms with Crippen molar-refractivity contribution in [2.75, 3.05) is 6.61 Å². The van der Waals surface area contributed by atoms with E-state index < -0.39 is 0 Å². The highest BCUT2D eigenvalue weighted by atomic mass is 16.5. The molecule has 94 valence electrons. The molecule has 1 saturated heterocycles. The summed E-state index contributed by atoms with van der Waals surface area (Å²) in [4.78, 5) is 0. The fraction of sp³-hybridized carbons (Fsp3) is 1.00. The Hall–Kier alpha value is -0.0800. The first-order valence-electron chi connectivity index (χ1n) is 6.81. The Morgan fingerprint density at radius 2 is 1.75 bits per heavy atom. The summed E-state index contributed by atoms with van der Waals surface area (Å²) in [5, 5.41) is 0. The molecule has 2 rings (SSSR count). The molecular formula is C14H27NO. The maximum Gasteiger partial charge on any atom is 0.0697 e. The largest absolute Gasteiger partial charge is 0.375 e. The van der Waals surface area contributed by atoms with Gasteiger partial charge in [0.1, 0.15) is 0 Å². The van der Waals surface area contributed by atoms with Crippen molar-refractivity contribution in [1.29, 1.82) is 0 Å². The second-order valence-electron chi connectivity index (χ2n) is 6.92. The van der Waals surface area contributed by atoms with Crippen LogP contribution in [0.25, 0.3) is 0 Å². The van der Waals surface area contributed by atoms with Gasteiger partial charge >= 0.3 is 0 Å². The summed E-state index contributed by atoms with van der Waals surface area (Å²) in [5.41, 5.74) is 6.69. The van der Waals surface area contributed by atoms with Gasteiger partial charge < -0.3 is 10.5 Å². The molecule has 2 heteroatoms. The fourth-order valence-corrected chi connectivity index (χ4v) is 3.42. The Morgan fingerprint density at radius 3 is 2.25 bits per heavy atom. The standard InChI is InChI=1S/C14H27NO/c1-13(2,3)11-4-7-14(8-5-11)10-12(15)6-9-16-14/h11-12H,4-10,15H2,1-3H3. The van der Waals surface area contributed by atoms with Crippen molar-refractivity contribution in [3.05, 3.63) is 0 Å². The molecule has 2 nitrogen and oxygen atoms in total. The first-order chi connectivity index (χ1) is 7.41. The van der Waals surface area contributed by atoms with Crippen molar-refractivity contribution in [3.8, 4) is 0 Å². The van der Waals surface area contributed by atoms with Gasteiger partial charge in [0.05, 0.1) is 5.60 Å². The second-order valence-corrected chi connectivity index (χ2v) is 6.92. The van der Waals surface area contributed by atoms with Gasteiger partial charge in [0.25, 0.3) is 0 Å². The van der Waals surface area contributed by atoms with Gasteiger partial charge in [-0.1, -0.05) is 20.8 Å². The van der Waals surface area contributed by atoms with Crippen LogP contribution < -0.4 is 5.73 Å². The van der Waals surface area contributed by atoms with Crippen molar-refractivity contribution in [2.45, 2.75) is 70.9 Å². The summed E-state index contributed by atoms with van der Waals surface area (Å²) in [5.74, 6) is 0.861. The summed E-state index contributed by atoms with van der Waals surface area (Å²) < 4.78 is 6.06. The van der Waals surface area contributed by atoms with E-state index >= 15 is 0 Å². The number of hydrogen-bond donors (Lipinski definition) is 1. The highest BCUT2D eigenvalue weighted by Crippen LogP contribution is 2.45. The third-order valence-electron chi connectivity index (χ3n) is 4.65. The van der Waals surface area contributed by atoms with Crippen LogP contribution in [-0.4, -0.2) is 18.2 Å². The fourth-order valence-electron chi connectivity index (χ4n) is 3.42. The number of ether oxygens (including phenoxy) is 1. The summed E-state index contributed by atoms with van der Waals surface area (Å²) in [6.07, 6.45) is 7.21. The minimum atomic E-state index is 0.152. The van der Waals surface area contributed by atoms with Crippen LogP contribution in [0.1, 0.15) is 59.3 Å². The minimum absolute atomic E-state index is 0.152. The van der Waals surface area contributed by atoms with Crippen LogP contribution in [0, 0.1) is 11.3 Å². The summed E-state index contributed by atoms with van der Waals surface area (Å²) in [7, 11) is 0. The zero-order chi connectivity index (χ0) is 11.8. The van der Waals surface area contributed by atoms with Crippen molar-refractivity contribution in [3.63, 3.8) is 0 Å². The van der Waals surface area contributed by atoms with Crippen molar-refractivity contribution in [2.24, 2.45) is 17.1 Å². The van der Waals surface area contributed by atoms with Crippen LogP contribution in [0.5, 0.6) is 0 Å². The lowest BCUT2D eigenvalue weighted by Crippen LogP contribution is -2.48. The van der Waals surface area contributed by atoms with Crippen molar-refractivity contribution in [1.82, 2.24) is 0 Å². The normalized spacial score (nSPS) is 41.2. The molecule has 1 atom stereocenters. The molecule has 2 N–H and O–H groups in total. The van der Waals surface area contributed by atoms with Crippen LogP contribution in [0.2, 0.25) is 0 Å². The highest BCUT2D eigenvalue weighted by molar-refractivity contribution is 4.94. The van der Waals surface area contributed by atoms with E-state index in [4.69, 9.17) is 10.5 Å². The average Bonchev–Trinajstić information content (AvgIpc) is 2.16. The molecule has 0 aromatic carbocycles. The zero-order valence-electron chi connectivity index (χ0n) is 11.1. The topological polar surface area (TPSA) is 35.2 Å². The molecule has 0 radical (unpaired) electrons. The van der Waals surface area contributed by atoms with E-state index in [1.54, 1.807) is 0 Å². The monoisotopic (exact) mass is 225 g/mol. The molecule has 2 aliphatic rings. The molecule has 0 aromatic heterocycles. The van der Waals surface area contributed by atoms with Crippen LogP contribution in [0.15, 0.2) is 0 Å². The second kappa shape index (κ2) is 4.30.